The van der Waals surface area contributed by atoms with E-state index in [0.29, 0.717) is 11.5 Å². The van der Waals surface area contributed by atoms with Crippen LogP contribution in [0.15, 0.2) is 30.5 Å². The van der Waals surface area contributed by atoms with E-state index in [4.69, 9.17) is 5.26 Å². The van der Waals surface area contributed by atoms with Crippen LogP contribution in [-0.4, -0.2) is 31.1 Å². The Morgan fingerprint density at radius 1 is 1.30 bits per heavy atom. The zero-order valence-corrected chi connectivity index (χ0v) is 11.7. The SMILES string of the molecule is CNc1nc(Nc2cccc(C#N)c2)ncc1N(C)C. The van der Waals surface area contributed by atoms with Crippen molar-refractivity contribution in [1.82, 2.24) is 9.97 Å². The van der Waals surface area contributed by atoms with Crippen molar-refractivity contribution in [2.75, 3.05) is 36.7 Å². The van der Waals surface area contributed by atoms with E-state index in [2.05, 4.69) is 26.7 Å². The quantitative estimate of drug-likeness (QED) is 0.885. The zero-order chi connectivity index (χ0) is 14.5. The van der Waals surface area contributed by atoms with E-state index < -0.39 is 0 Å². The molecule has 2 aromatic rings. The van der Waals surface area contributed by atoms with Crippen LogP contribution in [0.3, 0.4) is 0 Å². The van der Waals surface area contributed by atoms with Crippen LogP contribution >= 0.6 is 0 Å². The lowest BCUT2D eigenvalue weighted by molar-refractivity contribution is 1.07. The van der Waals surface area contributed by atoms with Crippen molar-refractivity contribution in [2.24, 2.45) is 0 Å². The van der Waals surface area contributed by atoms with Gasteiger partial charge in [-0.15, -0.1) is 0 Å². The summed E-state index contributed by atoms with van der Waals surface area (Å²) in [5.74, 6) is 1.22. The summed E-state index contributed by atoms with van der Waals surface area (Å²) in [6.45, 7) is 0. The second-order valence-corrected chi connectivity index (χ2v) is 4.39. The van der Waals surface area contributed by atoms with Gasteiger partial charge in [-0.25, -0.2) is 4.98 Å². The number of nitriles is 1. The van der Waals surface area contributed by atoms with E-state index >= 15 is 0 Å². The van der Waals surface area contributed by atoms with Crippen LogP contribution < -0.4 is 15.5 Å². The first kappa shape index (κ1) is 13.6. The average Bonchev–Trinajstić information content (AvgIpc) is 2.47. The van der Waals surface area contributed by atoms with Crippen LogP contribution in [0.2, 0.25) is 0 Å². The molecule has 0 aliphatic heterocycles. The maximum absolute atomic E-state index is 8.88. The van der Waals surface area contributed by atoms with Gasteiger partial charge in [-0.3, -0.25) is 0 Å². The lowest BCUT2D eigenvalue weighted by Crippen LogP contribution is -2.13. The third kappa shape index (κ3) is 2.95. The van der Waals surface area contributed by atoms with Gasteiger partial charge in [-0.1, -0.05) is 6.07 Å². The third-order valence-electron chi connectivity index (χ3n) is 2.74. The van der Waals surface area contributed by atoms with E-state index in [-0.39, 0.29) is 0 Å². The fraction of sp³-hybridized carbons (Fsp3) is 0.214. The molecule has 0 saturated heterocycles. The molecule has 0 spiro atoms. The molecule has 0 amide bonds. The van der Waals surface area contributed by atoms with Gasteiger partial charge in [0.2, 0.25) is 5.95 Å². The van der Waals surface area contributed by atoms with Gasteiger partial charge in [0.05, 0.1) is 23.5 Å². The number of rotatable bonds is 4. The van der Waals surface area contributed by atoms with Crippen LogP contribution in [0.5, 0.6) is 0 Å². The third-order valence-corrected chi connectivity index (χ3v) is 2.74. The Balaban J connectivity index is 2.28. The van der Waals surface area contributed by atoms with Crippen molar-refractivity contribution in [3.05, 3.63) is 36.0 Å². The Kier molecular flexibility index (Phi) is 4.01. The molecule has 0 aliphatic rings. The Hall–Kier alpha value is -2.81. The van der Waals surface area contributed by atoms with Crippen LogP contribution in [0.1, 0.15) is 5.56 Å². The number of hydrogen-bond acceptors (Lipinski definition) is 6. The molecule has 1 heterocycles. The summed E-state index contributed by atoms with van der Waals surface area (Å²) in [5.41, 5.74) is 2.28. The van der Waals surface area contributed by atoms with Crippen LogP contribution in [-0.2, 0) is 0 Å². The van der Waals surface area contributed by atoms with E-state index in [9.17, 15) is 0 Å². The van der Waals surface area contributed by atoms with Gasteiger partial charge in [0, 0.05) is 26.8 Å². The van der Waals surface area contributed by atoms with Gasteiger partial charge in [-0.05, 0) is 18.2 Å². The smallest absolute Gasteiger partial charge is 0.229 e. The molecule has 0 radical (unpaired) electrons. The lowest BCUT2D eigenvalue weighted by atomic mass is 10.2. The molecular formula is C14H16N6. The highest BCUT2D eigenvalue weighted by molar-refractivity contribution is 5.67. The highest BCUT2D eigenvalue weighted by Crippen LogP contribution is 2.23. The molecule has 0 bridgehead atoms. The summed E-state index contributed by atoms with van der Waals surface area (Å²) < 4.78 is 0. The molecule has 1 aromatic carbocycles. The summed E-state index contributed by atoms with van der Waals surface area (Å²) in [7, 11) is 5.68. The molecule has 0 aliphatic carbocycles. The summed E-state index contributed by atoms with van der Waals surface area (Å²) in [5, 5.41) is 15.0. The number of hydrogen-bond donors (Lipinski definition) is 2. The molecule has 0 fully saturated rings. The lowest BCUT2D eigenvalue weighted by Gasteiger charge is -2.16. The molecule has 6 nitrogen and oxygen atoms in total. The monoisotopic (exact) mass is 268 g/mol. The van der Waals surface area contributed by atoms with Gasteiger partial charge >= 0.3 is 0 Å². The first-order valence-corrected chi connectivity index (χ1v) is 6.13. The van der Waals surface area contributed by atoms with Gasteiger partial charge in [0.15, 0.2) is 5.82 Å². The molecule has 6 heteroatoms. The highest BCUT2D eigenvalue weighted by Gasteiger charge is 2.07. The minimum absolute atomic E-state index is 0.482. The van der Waals surface area contributed by atoms with Gasteiger partial charge in [0.25, 0.3) is 0 Å². The summed E-state index contributed by atoms with van der Waals surface area (Å²) in [4.78, 5) is 10.6. The van der Waals surface area contributed by atoms with Crippen molar-refractivity contribution in [3.8, 4) is 6.07 Å². The van der Waals surface area contributed by atoms with E-state index in [0.717, 1.165) is 17.2 Å². The van der Waals surface area contributed by atoms with Crippen molar-refractivity contribution in [1.29, 1.82) is 5.26 Å². The van der Waals surface area contributed by atoms with Gasteiger partial charge in [0.1, 0.15) is 0 Å². The summed E-state index contributed by atoms with van der Waals surface area (Å²) in [6.07, 6.45) is 1.75. The Morgan fingerprint density at radius 2 is 2.10 bits per heavy atom. The van der Waals surface area contributed by atoms with Crippen molar-refractivity contribution < 1.29 is 0 Å². The summed E-state index contributed by atoms with van der Waals surface area (Å²) >= 11 is 0. The molecule has 0 unspecified atom stereocenters. The Bertz CT molecular complexity index is 644. The number of nitrogens with one attached hydrogen (secondary N) is 2. The molecule has 1 aromatic heterocycles. The molecule has 2 rings (SSSR count). The molecule has 2 N–H and O–H groups in total. The van der Waals surface area contributed by atoms with Crippen LogP contribution in [0.25, 0.3) is 0 Å². The number of aromatic nitrogens is 2. The maximum atomic E-state index is 8.88. The fourth-order valence-corrected chi connectivity index (χ4v) is 1.74. The normalized spacial score (nSPS) is 9.70. The fourth-order valence-electron chi connectivity index (χ4n) is 1.74. The van der Waals surface area contributed by atoms with E-state index in [1.807, 2.05) is 38.2 Å². The molecule has 0 saturated carbocycles. The second-order valence-electron chi connectivity index (χ2n) is 4.39. The molecular weight excluding hydrogens is 252 g/mol. The highest BCUT2D eigenvalue weighted by atomic mass is 15.2. The van der Waals surface area contributed by atoms with Crippen LogP contribution in [0, 0.1) is 11.3 Å². The Morgan fingerprint density at radius 3 is 2.75 bits per heavy atom. The molecule has 20 heavy (non-hydrogen) atoms. The standard InChI is InChI=1S/C14H16N6/c1-16-13-12(20(2)3)9-17-14(19-13)18-11-6-4-5-10(7-11)8-15/h4-7,9H,1-3H3,(H2,16,17,18,19). The molecule has 0 atom stereocenters. The first-order valence-electron chi connectivity index (χ1n) is 6.13. The summed E-state index contributed by atoms with van der Waals surface area (Å²) in [6, 6.07) is 9.28. The average molecular weight is 268 g/mol. The van der Waals surface area contributed by atoms with Crippen molar-refractivity contribution in [2.45, 2.75) is 0 Å². The number of anilines is 4. The maximum Gasteiger partial charge on any atom is 0.229 e. The van der Waals surface area contributed by atoms with Crippen molar-refractivity contribution in [3.63, 3.8) is 0 Å². The minimum Gasteiger partial charge on any atom is -0.373 e. The Labute approximate surface area is 118 Å². The van der Waals surface area contributed by atoms with E-state index in [1.54, 1.807) is 18.3 Å². The van der Waals surface area contributed by atoms with Crippen molar-refractivity contribution >= 4 is 23.1 Å². The van der Waals surface area contributed by atoms with Gasteiger partial charge < -0.3 is 15.5 Å². The number of nitrogens with zero attached hydrogens (tertiary/aromatic N) is 4. The minimum atomic E-state index is 0.482. The predicted molar refractivity (Wildman–Crippen MR) is 80.3 cm³/mol. The largest absolute Gasteiger partial charge is 0.373 e. The topological polar surface area (TPSA) is 76.9 Å². The predicted octanol–water partition coefficient (Wildman–Crippen LogP) is 2.20. The number of benzene rings is 1. The van der Waals surface area contributed by atoms with Crippen LogP contribution in [0.4, 0.5) is 23.1 Å². The first-order chi connectivity index (χ1) is 9.63. The molecule has 102 valence electrons. The van der Waals surface area contributed by atoms with E-state index in [1.165, 1.54) is 0 Å². The second kappa shape index (κ2) is 5.89. The zero-order valence-electron chi connectivity index (χ0n) is 11.7. The van der Waals surface area contributed by atoms with Gasteiger partial charge in [-0.2, -0.15) is 10.2 Å².